The van der Waals surface area contributed by atoms with Gasteiger partial charge in [-0.3, -0.25) is 24.8 Å². The predicted octanol–water partition coefficient (Wildman–Crippen LogP) is 20.1. The summed E-state index contributed by atoms with van der Waals surface area (Å²) >= 11 is 0. The molecule has 0 bridgehead atoms. The molecule has 0 amide bonds. The van der Waals surface area contributed by atoms with E-state index in [0.717, 1.165) is 89.0 Å². The van der Waals surface area contributed by atoms with Crippen LogP contribution in [0.1, 0.15) is 161 Å². The molecule has 0 saturated carbocycles. The van der Waals surface area contributed by atoms with Crippen LogP contribution in [-0.4, -0.2) is 61.7 Å². The van der Waals surface area contributed by atoms with E-state index in [0.29, 0.717) is 17.9 Å². The van der Waals surface area contributed by atoms with Crippen LogP contribution in [0, 0.1) is 6.92 Å². The number of aryl methyl sites for hydroxylation is 3. The molecule has 0 aliphatic heterocycles. The number of hydrogen-bond acceptors (Lipinski definition) is 11. The van der Waals surface area contributed by atoms with Crippen LogP contribution >= 0.6 is 0 Å². The summed E-state index contributed by atoms with van der Waals surface area (Å²) in [4.78, 5) is 40.2. The van der Waals surface area contributed by atoms with Crippen molar-refractivity contribution >= 4 is 59.5 Å². The number of rotatable bonds is 28. The number of esters is 2. The van der Waals surface area contributed by atoms with Crippen LogP contribution < -0.4 is 14.2 Å². The normalized spacial score (nSPS) is 10.9. The van der Waals surface area contributed by atoms with E-state index in [9.17, 15) is 14.7 Å². The minimum absolute atomic E-state index is 0.249. The second kappa shape index (κ2) is 41.8. The van der Waals surface area contributed by atoms with Crippen LogP contribution in [0.5, 0.6) is 23.0 Å². The van der Waals surface area contributed by atoms with Gasteiger partial charge in [-0.25, -0.2) is 4.79 Å². The smallest absolute Gasteiger partial charge is 0.338 e. The molecule has 0 radical (unpaired) electrons. The van der Waals surface area contributed by atoms with Gasteiger partial charge in [0.2, 0.25) is 0 Å². The maximum absolute atomic E-state index is 11.6. The molecule has 460 valence electrons. The minimum atomic E-state index is -0.315. The SMILES string of the molecule is CCCCCCOc1ccc(C=Nc2ccc(O)cc2)cc1.CCCCCOc1ccc(C=Nc2ccc(C(=O)OCC)cc2)cc1.CCCCc1ccc(N=Cc2ccc(C)cc2)cc1.CCCCc1ccc(N=Cc2ccc(OC(C)=O)cc2)cc1. The Morgan fingerprint density at radius 2 is 0.739 bits per heavy atom. The van der Waals surface area contributed by atoms with E-state index >= 15 is 0 Å². The summed E-state index contributed by atoms with van der Waals surface area (Å²) in [6.07, 6.45) is 22.9. The van der Waals surface area contributed by atoms with Gasteiger partial charge in [-0.15, -0.1) is 0 Å². The third-order valence-corrected chi connectivity index (χ3v) is 13.5. The van der Waals surface area contributed by atoms with Crippen molar-refractivity contribution in [3.63, 3.8) is 0 Å². The lowest BCUT2D eigenvalue weighted by Crippen LogP contribution is -2.03. The Hall–Kier alpha value is -9.22. The fraction of sp³-hybridized carbons (Fsp3) is 0.299. The van der Waals surface area contributed by atoms with Crippen LogP contribution in [0.4, 0.5) is 22.7 Å². The Morgan fingerprint density at radius 1 is 0.398 bits per heavy atom. The van der Waals surface area contributed by atoms with Crippen molar-refractivity contribution in [1.82, 2.24) is 0 Å². The number of unbranched alkanes of at least 4 members (excludes halogenated alkanes) is 7. The van der Waals surface area contributed by atoms with Crippen LogP contribution in [-0.2, 0) is 22.4 Å². The van der Waals surface area contributed by atoms with Gasteiger partial charge in [0.1, 0.15) is 23.0 Å². The number of aromatic hydroxyl groups is 1. The summed E-state index contributed by atoms with van der Waals surface area (Å²) in [5.41, 5.74) is 12.2. The molecular formula is C77H90N4O7. The molecule has 0 atom stereocenters. The Bertz CT molecular complexity index is 3300. The topological polar surface area (TPSA) is 141 Å². The number of nitrogens with zero attached hydrogens (tertiary/aromatic N) is 4. The first-order chi connectivity index (χ1) is 42.9. The number of hydrogen-bond donors (Lipinski definition) is 1. The van der Waals surface area contributed by atoms with E-state index in [4.69, 9.17) is 18.9 Å². The number of benzene rings is 8. The molecule has 8 rings (SSSR count). The molecule has 0 fully saturated rings. The highest BCUT2D eigenvalue weighted by Gasteiger charge is 2.06. The molecule has 11 nitrogen and oxygen atoms in total. The molecule has 0 heterocycles. The molecule has 0 aliphatic rings. The molecule has 8 aromatic carbocycles. The molecule has 0 saturated heterocycles. The number of ether oxygens (including phenoxy) is 4. The zero-order valence-electron chi connectivity index (χ0n) is 52.8. The highest BCUT2D eigenvalue weighted by molar-refractivity contribution is 5.90. The summed E-state index contributed by atoms with van der Waals surface area (Å²) in [5.74, 6) is 1.95. The lowest BCUT2D eigenvalue weighted by Gasteiger charge is -2.05. The zero-order valence-corrected chi connectivity index (χ0v) is 52.8. The van der Waals surface area contributed by atoms with Gasteiger partial charge in [0.05, 0.1) is 48.1 Å². The fourth-order valence-electron chi connectivity index (χ4n) is 8.29. The fourth-order valence-corrected chi connectivity index (χ4v) is 8.29. The van der Waals surface area contributed by atoms with E-state index in [1.165, 1.54) is 87.8 Å². The zero-order chi connectivity index (χ0) is 62.8. The molecule has 0 aromatic heterocycles. The largest absolute Gasteiger partial charge is 0.508 e. The minimum Gasteiger partial charge on any atom is -0.508 e. The van der Waals surface area contributed by atoms with E-state index in [1.54, 1.807) is 86.2 Å². The predicted molar refractivity (Wildman–Crippen MR) is 366 cm³/mol. The lowest BCUT2D eigenvalue weighted by molar-refractivity contribution is -0.131. The molecule has 88 heavy (non-hydrogen) atoms. The monoisotopic (exact) mass is 1180 g/mol. The van der Waals surface area contributed by atoms with Gasteiger partial charge in [0, 0.05) is 31.8 Å². The lowest BCUT2D eigenvalue weighted by atomic mass is 10.1. The van der Waals surface area contributed by atoms with Gasteiger partial charge in [-0.05, 0) is 231 Å². The average molecular weight is 1180 g/mol. The van der Waals surface area contributed by atoms with Gasteiger partial charge in [0.25, 0.3) is 0 Å². The maximum Gasteiger partial charge on any atom is 0.338 e. The molecule has 0 unspecified atom stereocenters. The third kappa shape index (κ3) is 29.2. The second-order valence-corrected chi connectivity index (χ2v) is 21.0. The van der Waals surface area contributed by atoms with Crippen LogP contribution in [0.15, 0.2) is 214 Å². The second-order valence-electron chi connectivity index (χ2n) is 21.0. The van der Waals surface area contributed by atoms with Crippen molar-refractivity contribution in [2.75, 3.05) is 19.8 Å². The highest BCUT2D eigenvalue weighted by Crippen LogP contribution is 2.21. The number of aliphatic imine (C=N–C) groups is 4. The van der Waals surface area contributed by atoms with E-state index in [-0.39, 0.29) is 17.7 Å². The number of carbonyl (C=O) groups is 2. The number of phenolic OH excluding ortho intramolecular Hbond substituents is 1. The molecular weight excluding hydrogens is 1090 g/mol. The van der Waals surface area contributed by atoms with Crippen LogP contribution in [0.2, 0.25) is 0 Å². The number of phenols is 1. The van der Waals surface area contributed by atoms with Crippen molar-refractivity contribution in [2.45, 2.75) is 132 Å². The first-order valence-electron chi connectivity index (χ1n) is 31.2. The van der Waals surface area contributed by atoms with Crippen molar-refractivity contribution < 1.29 is 33.6 Å². The van der Waals surface area contributed by atoms with Crippen LogP contribution in [0.3, 0.4) is 0 Å². The van der Waals surface area contributed by atoms with Crippen molar-refractivity contribution in [2.24, 2.45) is 20.0 Å². The van der Waals surface area contributed by atoms with Gasteiger partial charge < -0.3 is 24.1 Å². The summed E-state index contributed by atoms with van der Waals surface area (Å²) in [7, 11) is 0. The number of carbonyl (C=O) groups excluding carboxylic acids is 2. The van der Waals surface area contributed by atoms with Gasteiger partial charge in [-0.2, -0.15) is 0 Å². The molecule has 8 aromatic rings. The summed E-state index contributed by atoms with van der Waals surface area (Å²) in [5, 5.41) is 9.23. The molecule has 11 heteroatoms. The Balaban J connectivity index is 0.000000215. The first kappa shape index (κ1) is 69.6. The van der Waals surface area contributed by atoms with E-state index in [1.807, 2.05) is 79.0 Å². The standard InChI is InChI=1S/C21H25NO3.C19H21NO2.C19H23NO2.C18H21N/c1-3-5-6-15-25-20-13-7-17(8-14-20)16-22-19-11-9-18(10-12-19)21(23)24-4-2;1-3-4-5-16-6-10-18(11-7-16)20-14-17-8-12-19(13-9-17)22-15(2)21;1-2-3-4-5-14-22-19-12-6-16(7-13-19)15-20-17-8-10-18(21)11-9-17;1-3-4-5-16-10-12-18(13-11-16)19-14-17-8-6-15(2)7-9-17/h7-14,16H,3-6,15H2,1-2H3;6-14H,3-5H2,1-2H3;6-13,15,21H,2-5,14H2,1H3;6-14H,3-5H2,1-2H3. The van der Waals surface area contributed by atoms with Crippen LogP contribution in [0.25, 0.3) is 0 Å². The first-order valence-corrected chi connectivity index (χ1v) is 31.2. The van der Waals surface area contributed by atoms with Gasteiger partial charge in [-0.1, -0.05) is 127 Å². The third-order valence-electron chi connectivity index (χ3n) is 13.5. The van der Waals surface area contributed by atoms with E-state index in [2.05, 4.69) is 115 Å². The maximum atomic E-state index is 11.6. The Kier molecular flexibility index (Phi) is 33.0. The van der Waals surface area contributed by atoms with Crippen molar-refractivity contribution in [1.29, 1.82) is 0 Å². The molecule has 1 N–H and O–H groups in total. The van der Waals surface area contributed by atoms with Gasteiger partial charge >= 0.3 is 11.9 Å². The molecule has 0 aliphatic carbocycles. The molecule has 0 spiro atoms. The van der Waals surface area contributed by atoms with Crippen molar-refractivity contribution in [3.05, 3.63) is 239 Å². The summed E-state index contributed by atoms with van der Waals surface area (Å²) < 4.78 is 21.4. The Morgan fingerprint density at radius 3 is 1.11 bits per heavy atom. The van der Waals surface area contributed by atoms with Crippen molar-refractivity contribution in [3.8, 4) is 23.0 Å². The van der Waals surface area contributed by atoms with Gasteiger partial charge in [0.15, 0.2) is 0 Å². The van der Waals surface area contributed by atoms with E-state index < -0.39 is 0 Å². The summed E-state index contributed by atoms with van der Waals surface area (Å²) in [6, 6.07) is 62.2. The average Bonchev–Trinajstić information content (AvgIpc) is 3.69. The highest BCUT2D eigenvalue weighted by atomic mass is 16.5. The quantitative estimate of drug-likeness (QED) is 0.0223. The summed E-state index contributed by atoms with van der Waals surface area (Å²) in [6.45, 7) is 16.0. The Labute approximate surface area is 524 Å².